The number of anilines is 1. The molecule has 106 valence electrons. The highest BCUT2D eigenvalue weighted by Crippen LogP contribution is 2.27. The SMILES string of the molecule is CCN(CC1CCCO1)c1ccc(C(C)N)c(Cl)c1. The van der Waals surface area contributed by atoms with Gasteiger partial charge in [-0.2, -0.15) is 0 Å². The molecule has 1 fully saturated rings. The molecule has 1 saturated heterocycles. The molecule has 4 heteroatoms. The third-order valence-electron chi connectivity index (χ3n) is 3.67. The zero-order valence-electron chi connectivity index (χ0n) is 11.7. The molecule has 2 rings (SSSR count). The van der Waals surface area contributed by atoms with E-state index in [0.29, 0.717) is 6.10 Å². The summed E-state index contributed by atoms with van der Waals surface area (Å²) in [5, 5.41) is 0.748. The highest BCUT2D eigenvalue weighted by atomic mass is 35.5. The summed E-state index contributed by atoms with van der Waals surface area (Å²) in [5.74, 6) is 0. The van der Waals surface area contributed by atoms with Crippen molar-refractivity contribution in [2.24, 2.45) is 5.73 Å². The summed E-state index contributed by atoms with van der Waals surface area (Å²) < 4.78 is 5.70. The third-order valence-corrected chi connectivity index (χ3v) is 4.00. The van der Waals surface area contributed by atoms with Crippen molar-refractivity contribution in [3.8, 4) is 0 Å². The lowest BCUT2D eigenvalue weighted by Crippen LogP contribution is -2.32. The molecule has 0 radical (unpaired) electrons. The van der Waals surface area contributed by atoms with Gasteiger partial charge in [0.2, 0.25) is 0 Å². The van der Waals surface area contributed by atoms with Crippen molar-refractivity contribution in [1.29, 1.82) is 0 Å². The number of nitrogens with zero attached hydrogens (tertiary/aromatic N) is 1. The fourth-order valence-electron chi connectivity index (χ4n) is 2.53. The van der Waals surface area contributed by atoms with Gasteiger partial charge in [0.1, 0.15) is 0 Å². The first-order valence-electron chi connectivity index (χ1n) is 7.03. The summed E-state index contributed by atoms with van der Waals surface area (Å²) in [4.78, 5) is 2.31. The Morgan fingerprint density at radius 3 is 2.84 bits per heavy atom. The molecule has 2 unspecified atom stereocenters. The monoisotopic (exact) mass is 282 g/mol. The van der Waals surface area contributed by atoms with E-state index in [-0.39, 0.29) is 6.04 Å². The summed E-state index contributed by atoms with van der Waals surface area (Å²) in [6.07, 6.45) is 2.68. The van der Waals surface area contributed by atoms with E-state index in [2.05, 4.69) is 17.9 Å². The van der Waals surface area contributed by atoms with Crippen LogP contribution in [-0.2, 0) is 4.74 Å². The lowest BCUT2D eigenvalue weighted by Gasteiger charge is -2.26. The van der Waals surface area contributed by atoms with E-state index in [9.17, 15) is 0 Å². The average Bonchev–Trinajstić information content (AvgIpc) is 2.88. The van der Waals surface area contributed by atoms with E-state index in [0.717, 1.165) is 42.4 Å². The summed E-state index contributed by atoms with van der Waals surface area (Å²) in [6, 6.07) is 6.11. The summed E-state index contributed by atoms with van der Waals surface area (Å²) in [7, 11) is 0. The van der Waals surface area contributed by atoms with Crippen LogP contribution in [-0.4, -0.2) is 25.8 Å². The Hall–Kier alpha value is -0.770. The maximum Gasteiger partial charge on any atom is 0.0750 e. The van der Waals surface area contributed by atoms with E-state index >= 15 is 0 Å². The maximum atomic E-state index is 6.30. The van der Waals surface area contributed by atoms with Gasteiger partial charge in [-0.1, -0.05) is 17.7 Å². The lowest BCUT2D eigenvalue weighted by atomic mass is 10.1. The van der Waals surface area contributed by atoms with E-state index in [1.54, 1.807) is 0 Å². The zero-order valence-corrected chi connectivity index (χ0v) is 12.5. The number of benzene rings is 1. The number of nitrogens with two attached hydrogens (primary N) is 1. The molecule has 19 heavy (non-hydrogen) atoms. The van der Waals surface area contributed by atoms with Gasteiger partial charge in [-0.05, 0) is 44.4 Å². The minimum absolute atomic E-state index is 0.0326. The molecule has 1 aromatic carbocycles. The van der Waals surface area contributed by atoms with Crippen LogP contribution in [0.3, 0.4) is 0 Å². The van der Waals surface area contributed by atoms with Gasteiger partial charge in [0.15, 0.2) is 0 Å². The molecule has 0 saturated carbocycles. The molecular weight excluding hydrogens is 260 g/mol. The summed E-state index contributed by atoms with van der Waals surface area (Å²) in [6.45, 7) is 6.89. The largest absolute Gasteiger partial charge is 0.376 e. The van der Waals surface area contributed by atoms with Crippen LogP contribution in [0.1, 0.15) is 38.3 Å². The quantitative estimate of drug-likeness (QED) is 0.900. The Bertz CT molecular complexity index is 417. The molecule has 1 aliphatic heterocycles. The molecule has 2 atom stereocenters. The second kappa shape index (κ2) is 6.60. The van der Waals surface area contributed by atoms with Crippen molar-refractivity contribution >= 4 is 17.3 Å². The van der Waals surface area contributed by atoms with Crippen LogP contribution in [0.15, 0.2) is 18.2 Å². The second-order valence-electron chi connectivity index (χ2n) is 5.17. The standard InChI is InChI=1S/C15H23ClN2O/c1-3-18(10-13-5-4-8-19-13)12-6-7-14(11(2)17)15(16)9-12/h6-7,9,11,13H,3-5,8,10,17H2,1-2H3. The van der Waals surface area contributed by atoms with E-state index < -0.39 is 0 Å². The van der Waals surface area contributed by atoms with E-state index in [4.69, 9.17) is 22.1 Å². The molecule has 1 aliphatic rings. The molecule has 0 amide bonds. The molecule has 0 bridgehead atoms. The Balaban J connectivity index is 2.11. The van der Waals surface area contributed by atoms with E-state index in [1.165, 1.54) is 6.42 Å². The van der Waals surface area contributed by atoms with Crippen molar-refractivity contribution < 1.29 is 4.74 Å². The fourth-order valence-corrected chi connectivity index (χ4v) is 2.88. The molecule has 1 heterocycles. The first kappa shape index (κ1) is 14.6. The Kier molecular flexibility index (Phi) is 5.08. The molecule has 0 aromatic heterocycles. The number of ether oxygens (including phenoxy) is 1. The Morgan fingerprint density at radius 1 is 1.53 bits per heavy atom. The van der Waals surface area contributed by atoms with Crippen molar-refractivity contribution in [3.05, 3.63) is 28.8 Å². The Labute approximate surface area is 120 Å². The van der Waals surface area contributed by atoms with Gasteiger partial charge in [-0.15, -0.1) is 0 Å². The highest BCUT2D eigenvalue weighted by molar-refractivity contribution is 6.31. The molecular formula is C15H23ClN2O. The van der Waals surface area contributed by atoms with Crippen LogP contribution in [0, 0.1) is 0 Å². The molecule has 0 aliphatic carbocycles. The summed E-state index contributed by atoms with van der Waals surface area (Å²) in [5.41, 5.74) is 8.03. The number of hydrogen-bond acceptors (Lipinski definition) is 3. The molecule has 0 spiro atoms. The van der Waals surface area contributed by atoms with Crippen molar-refractivity contribution in [2.45, 2.75) is 38.8 Å². The zero-order chi connectivity index (χ0) is 13.8. The summed E-state index contributed by atoms with van der Waals surface area (Å²) >= 11 is 6.30. The molecule has 3 nitrogen and oxygen atoms in total. The average molecular weight is 283 g/mol. The first-order valence-corrected chi connectivity index (χ1v) is 7.41. The van der Waals surface area contributed by atoms with Crippen molar-refractivity contribution in [3.63, 3.8) is 0 Å². The number of likely N-dealkylation sites (N-methyl/N-ethyl adjacent to an activating group) is 1. The van der Waals surface area contributed by atoms with Gasteiger partial charge >= 0.3 is 0 Å². The van der Waals surface area contributed by atoms with Crippen molar-refractivity contribution in [1.82, 2.24) is 0 Å². The van der Waals surface area contributed by atoms with Gasteiger partial charge in [-0.3, -0.25) is 0 Å². The molecule has 2 N–H and O–H groups in total. The van der Waals surface area contributed by atoms with Crippen LogP contribution in [0.25, 0.3) is 0 Å². The number of rotatable bonds is 5. The third kappa shape index (κ3) is 3.62. The van der Waals surface area contributed by atoms with Crippen LogP contribution >= 0.6 is 11.6 Å². The van der Waals surface area contributed by atoms with Gasteiger partial charge < -0.3 is 15.4 Å². The van der Waals surface area contributed by atoms with Gasteiger partial charge in [0.25, 0.3) is 0 Å². The predicted molar refractivity (Wildman–Crippen MR) is 80.9 cm³/mol. The highest BCUT2D eigenvalue weighted by Gasteiger charge is 2.19. The van der Waals surface area contributed by atoms with E-state index in [1.807, 2.05) is 19.1 Å². The minimum Gasteiger partial charge on any atom is -0.376 e. The first-order chi connectivity index (χ1) is 9.11. The van der Waals surface area contributed by atoms with Crippen LogP contribution < -0.4 is 10.6 Å². The maximum absolute atomic E-state index is 6.30. The minimum atomic E-state index is -0.0326. The van der Waals surface area contributed by atoms with Crippen LogP contribution in [0.5, 0.6) is 0 Å². The number of hydrogen-bond donors (Lipinski definition) is 1. The second-order valence-corrected chi connectivity index (χ2v) is 5.58. The van der Waals surface area contributed by atoms with Gasteiger partial charge in [0, 0.05) is 36.4 Å². The topological polar surface area (TPSA) is 38.5 Å². The lowest BCUT2D eigenvalue weighted by molar-refractivity contribution is 0.115. The normalized spacial score (nSPS) is 20.5. The number of halogens is 1. The van der Waals surface area contributed by atoms with Gasteiger partial charge in [0.05, 0.1) is 6.10 Å². The smallest absolute Gasteiger partial charge is 0.0750 e. The Morgan fingerprint density at radius 2 is 2.32 bits per heavy atom. The van der Waals surface area contributed by atoms with Gasteiger partial charge in [-0.25, -0.2) is 0 Å². The van der Waals surface area contributed by atoms with Crippen molar-refractivity contribution in [2.75, 3.05) is 24.6 Å². The van der Waals surface area contributed by atoms with Crippen LogP contribution in [0.2, 0.25) is 5.02 Å². The predicted octanol–water partition coefficient (Wildman–Crippen LogP) is 3.37. The van der Waals surface area contributed by atoms with Crippen LogP contribution in [0.4, 0.5) is 5.69 Å². The fraction of sp³-hybridized carbons (Fsp3) is 0.600. The molecule has 1 aromatic rings.